The Labute approximate surface area is 160 Å². The van der Waals surface area contributed by atoms with Crippen LogP contribution >= 0.6 is 0 Å². The number of esters is 1. The molecule has 1 aromatic rings. The van der Waals surface area contributed by atoms with Crippen molar-refractivity contribution >= 4 is 23.3 Å². The van der Waals surface area contributed by atoms with Gasteiger partial charge in [-0.25, -0.2) is 9.59 Å². The first-order valence-corrected chi connectivity index (χ1v) is 9.10. The number of hydrogen-bond acceptors (Lipinski definition) is 6. The molecule has 0 bridgehead atoms. The van der Waals surface area contributed by atoms with Crippen LogP contribution in [0.3, 0.4) is 0 Å². The minimum absolute atomic E-state index is 0.123. The molecule has 0 spiro atoms. The van der Waals surface area contributed by atoms with Crippen molar-refractivity contribution in [1.82, 2.24) is 4.90 Å². The average molecular weight is 376 g/mol. The van der Waals surface area contributed by atoms with Crippen LogP contribution in [-0.2, 0) is 14.3 Å². The summed E-state index contributed by atoms with van der Waals surface area (Å²) in [6, 6.07) is 7.32. The minimum Gasteiger partial charge on any atom is -0.515 e. The van der Waals surface area contributed by atoms with E-state index in [1.54, 1.807) is 24.0 Å². The molecular weight excluding hydrogens is 348 g/mol. The molecule has 148 valence electrons. The van der Waals surface area contributed by atoms with E-state index in [0.717, 1.165) is 11.9 Å². The third-order valence-electron chi connectivity index (χ3n) is 4.10. The molecule has 0 unspecified atom stereocenters. The molecule has 1 aliphatic heterocycles. The monoisotopic (exact) mass is 376 g/mol. The number of nitrogens with zero attached hydrogens (tertiary/aromatic N) is 2. The van der Waals surface area contributed by atoms with Crippen molar-refractivity contribution in [2.24, 2.45) is 0 Å². The number of carbonyl (C=O) groups is 2. The molecule has 1 heterocycles. The fourth-order valence-electron chi connectivity index (χ4n) is 2.78. The lowest BCUT2D eigenvalue weighted by Crippen LogP contribution is -2.50. The fraction of sp³-hybridized carbons (Fsp3) is 0.500. The smallest absolute Gasteiger partial charge is 0.410 e. The maximum absolute atomic E-state index is 12.1. The summed E-state index contributed by atoms with van der Waals surface area (Å²) in [6.45, 7) is 10.1. The first kappa shape index (κ1) is 20.6. The van der Waals surface area contributed by atoms with E-state index < -0.39 is 11.6 Å². The van der Waals surface area contributed by atoms with E-state index >= 15 is 0 Å². The van der Waals surface area contributed by atoms with Crippen molar-refractivity contribution in [3.63, 3.8) is 0 Å². The summed E-state index contributed by atoms with van der Waals surface area (Å²) < 4.78 is 10.3. The molecule has 1 N–H and O–H groups in total. The predicted octanol–water partition coefficient (Wildman–Crippen LogP) is 3.21. The van der Waals surface area contributed by atoms with Gasteiger partial charge in [0.2, 0.25) is 0 Å². The van der Waals surface area contributed by atoms with Gasteiger partial charge in [-0.3, -0.25) is 0 Å². The Morgan fingerprint density at radius 3 is 2.19 bits per heavy atom. The Hall–Kier alpha value is -2.70. The molecule has 0 atom stereocenters. The largest absolute Gasteiger partial charge is 0.515 e. The van der Waals surface area contributed by atoms with Crippen LogP contribution in [0, 0.1) is 0 Å². The summed E-state index contributed by atoms with van der Waals surface area (Å²) in [5.41, 5.74) is 1.20. The van der Waals surface area contributed by atoms with Crippen LogP contribution in [0.5, 0.6) is 0 Å². The van der Waals surface area contributed by atoms with Crippen molar-refractivity contribution < 1.29 is 24.2 Å². The Morgan fingerprint density at radius 1 is 1.11 bits per heavy atom. The van der Waals surface area contributed by atoms with Crippen LogP contribution in [0.25, 0.3) is 5.57 Å². The zero-order valence-corrected chi connectivity index (χ0v) is 16.4. The van der Waals surface area contributed by atoms with E-state index in [-0.39, 0.29) is 18.3 Å². The van der Waals surface area contributed by atoms with Gasteiger partial charge < -0.3 is 24.4 Å². The molecule has 27 heavy (non-hydrogen) atoms. The Morgan fingerprint density at radius 2 is 1.70 bits per heavy atom. The number of piperazine rings is 1. The minimum atomic E-state index is -0.557. The van der Waals surface area contributed by atoms with Crippen molar-refractivity contribution in [2.75, 3.05) is 37.7 Å². The van der Waals surface area contributed by atoms with Gasteiger partial charge >= 0.3 is 12.1 Å². The van der Waals surface area contributed by atoms with Gasteiger partial charge in [0.1, 0.15) is 11.2 Å². The molecule has 7 heteroatoms. The van der Waals surface area contributed by atoms with Crippen LogP contribution in [0.1, 0.15) is 33.3 Å². The van der Waals surface area contributed by atoms with Crippen LogP contribution in [-0.4, -0.2) is 60.5 Å². The second-order valence-corrected chi connectivity index (χ2v) is 7.26. The van der Waals surface area contributed by atoms with E-state index in [1.165, 1.54) is 0 Å². The number of carbonyl (C=O) groups excluding carboxylic acids is 2. The van der Waals surface area contributed by atoms with Gasteiger partial charge in [0.25, 0.3) is 0 Å². The number of hydrogen-bond donors (Lipinski definition) is 1. The normalized spacial score (nSPS) is 15.5. The third kappa shape index (κ3) is 5.64. The van der Waals surface area contributed by atoms with Crippen LogP contribution in [0.2, 0.25) is 0 Å². The van der Waals surface area contributed by atoms with E-state index in [9.17, 15) is 14.7 Å². The Bertz CT molecular complexity index is 683. The average Bonchev–Trinajstić information content (AvgIpc) is 2.62. The molecule has 0 aromatic heterocycles. The molecule has 0 saturated carbocycles. The van der Waals surface area contributed by atoms with E-state index in [1.807, 2.05) is 32.9 Å². The summed E-state index contributed by atoms with van der Waals surface area (Å²) >= 11 is 0. The van der Waals surface area contributed by atoms with Gasteiger partial charge in [0, 0.05) is 31.9 Å². The van der Waals surface area contributed by atoms with Crippen LogP contribution in [0.15, 0.2) is 30.5 Å². The van der Waals surface area contributed by atoms with E-state index in [2.05, 4.69) is 4.90 Å². The van der Waals surface area contributed by atoms with Gasteiger partial charge in [0.05, 0.1) is 12.9 Å². The molecule has 7 nitrogen and oxygen atoms in total. The van der Waals surface area contributed by atoms with Crippen LogP contribution in [0.4, 0.5) is 10.5 Å². The second-order valence-electron chi connectivity index (χ2n) is 7.26. The lowest BCUT2D eigenvalue weighted by molar-refractivity contribution is -0.136. The number of ether oxygens (including phenoxy) is 2. The van der Waals surface area contributed by atoms with E-state index in [0.29, 0.717) is 31.7 Å². The zero-order chi connectivity index (χ0) is 20.0. The molecule has 1 saturated heterocycles. The van der Waals surface area contributed by atoms with Crippen LogP contribution < -0.4 is 4.90 Å². The summed E-state index contributed by atoms with van der Waals surface area (Å²) in [6.07, 6.45) is 0.483. The standard InChI is InChI=1S/C20H28N2O5/c1-5-26-18(24)17(14-23)15-6-8-16(9-7-15)21-10-12-22(13-11-21)19(25)27-20(2,3)4/h6-9,14,23H,5,10-13H2,1-4H3/b17-14+. The van der Waals surface area contributed by atoms with Crippen molar-refractivity contribution in [3.05, 3.63) is 36.1 Å². The number of amides is 1. The van der Waals surface area contributed by atoms with Crippen molar-refractivity contribution in [2.45, 2.75) is 33.3 Å². The molecular formula is C20H28N2O5. The summed E-state index contributed by atoms with van der Waals surface area (Å²) in [5, 5.41) is 9.33. The molecule has 1 aromatic carbocycles. The van der Waals surface area contributed by atoms with E-state index in [4.69, 9.17) is 9.47 Å². The molecule has 0 radical (unpaired) electrons. The topological polar surface area (TPSA) is 79.3 Å². The molecule has 1 amide bonds. The summed E-state index contributed by atoms with van der Waals surface area (Å²) in [7, 11) is 0. The number of benzene rings is 1. The number of anilines is 1. The van der Waals surface area contributed by atoms with Gasteiger partial charge in [-0.1, -0.05) is 12.1 Å². The zero-order valence-electron chi connectivity index (χ0n) is 16.4. The third-order valence-corrected chi connectivity index (χ3v) is 4.10. The van der Waals surface area contributed by atoms with Gasteiger partial charge in [-0.15, -0.1) is 0 Å². The highest BCUT2D eigenvalue weighted by atomic mass is 16.6. The Kier molecular flexibility index (Phi) is 6.71. The maximum atomic E-state index is 12.1. The number of rotatable bonds is 4. The fourth-order valence-corrected chi connectivity index (χ4v) is 2.78. The summed E-state index contributed by atoms with van der Waals surface area (Å²) in [5.74, 6) is -0.557. The second kappa shape index (κ2) is 8.79. The number of aliphatic hydroxyl groups excluding tert-OH is 1. The first-order valence-electron chi connectivity index (χ1n) is 9.10. The Balaban J connectivity index is 1.97. The lowest BCUT2D eigenvalue weighted by Gasteiger charge is -2.36. The SMILES string of the molecule is CCOC(=O)/C(=C/O)c1ccc(N2CCN(C(=O)OC(C)(C)C)CC2)cc1. The van der Waals surface area contributed by atoms with Crippen molar-refractivity contribution in [1.29, 1.82) is 0 Å². The highest BCUT2D eigenvalue weighted by Crippen LogP contribution is 2.22. The van der Waals surface area contributed by atoms with Gasteiger partial charge in [0.15, 0.2) is 0 Å². The molecule has 0 aliphatic carbocycles. The van der Waals surface area contributed by atoms with Gasteiger partial charge in [-0.2, -0.15) is 0 Å². The lowest BCUT2D eigenvalue weighted by atomic mass is 10.1. The highest BCUT2D eigenvalue weighted by Gasteiger charge is 2.26. The molecule has 1 aliphatic rings. The number of aliphatic hydroxyl groups is 1. The quantitative estimate of drug-likeness (QED) is 0.494. The molecule has 1 fully saturated rings. The van der Waals surface area contributed by atoms with Gasteiger partial charge in [-0.05, 0) is 45.4 Å². The molecule has 2 rings (SSSR count). The maximum Gasteiger partial charge on any atom is 0.410 e. The first-order chi connectivity index (χ1) is 12.7. The highest BCUT2D eigenvalue weighted by molar-refractivity contribution is 6.16. The summed E-state index contributed by atoms with van der Waals surface area (Å²) in [4.78, 5) is 27.9. The van der Waals surface area contributed by atoms with Crippen molar-refractivity contribution in [3.8, 4) is 0 Å². The predicted molar refractivity (Wildman–Crippen MR) is 104 cm³/mol.